The summed E-state index contributed by atoms with van der Waals surface area (Å²) in [5.41, 5.74) is 1.06. The quantitative estimate of drug-likeness (QED) is 0.875. The van der Waals surface area contributed by atoms with Crippen molar-refractivity contribution in [3.63, 3.8) is 0 Å². The SMILES string of the molecule is CCc1csc(NC(=O)CC2CCCC2)n1. The van der Waals surface area contributed by atoms with Crippen molar-refractivity contribution >= 4 is 22.4 Å². The van der Waals surface area contributed by atoms with Crippen LogP contribution in [0.3, 0.4) is 0 Å². The van der Waals surface area contributed by atoms with Gasteiger partial charge in [-0.05, 0) is 25.2 Å². The van der Waals surface area contributed by atoms with Crippen molar-refractivity contribution in [1.82, 2.24) is 4.98 Å². The molecule has 0 saturated heterocycles. The van der Waals surface area contributed by atoms with Crippen molar-refractivity contribution in [3.05, 3.63) is 11.1 Å². The Bertz CT molecular complexity index is 356. The second-order valence-corrected chi connectivity index (χ2v) is 5.26. The number of aromatic nitrogens is 1. The van der Waals surface area contributed by atoms with E-state index >= 15 is 0 Å². The molecule has 3 nitrogen and oxygen atoms in total. The number of carbonyl (C=O) groups is 1. The van der Waals surface area contributed by atoms with Gasteiger partial charge in [0.15, 0.2) is 5.13 Å². The third-order valence-corrected chi connectivity index (χ3v) is 3.92. The van der Waals surface area contributed by atoms with Crippen LogP contribution in [0, 0.1) is 5.92 Å². The summed E-state index contributed by atoms with van der Waals surface area (Å²) in [6.07, 6.45) is 6.59. The number of anilines is 1. The topological polar surface area (TPSA) is 42.0 Å². The summed E-state index contributed by atoms with van der Waals surface area (Å²) in [6, 6.07) is 0. The average molecular weight is 238 g/mol. The van der Waals surface area contributed by atoms with Gasteiger partial charge in [0.2, 0.25) is 5.91 Å². The van der Waals surface area contributed by atoms with Crippen LogP contribution in [0.4, 0.5) is 5.13 Å². The van der Waals surface area contributed by atoms with E-state index in [1.165, 1.54) is 37.0 Å². The number of nitrogens with zero attached hydrogens (tertiary/aromatic N) is 1. The first-order chi connectivity index (χ1) is 7.78. The minimum atomic E-state index is 0.129. The van der Waals surface area contributed by atoms with E-state index in [1.807, 2.05) is 5.38 Å². The Hall–Kier alpha value is -0.900. The lowest BCUT2D eigenvalue weighted by atomic mass is 10.0. The standard InChI is InChI=1S/C12H18N2OS/c1-2-10-8-16-12(13-10)14-11(15)7-9-5-3-4-6-9/h8-9H,2-7H2,1H3,(H,13,14,15). The highest BCUT2D eigenvalue weighted by Gasteiger charge is 2.18. The van der Waals surface area contributed by atoms with E-state index in [-0.39, 0.29) is 5.91 Å². The zero-order valence-electron chi connectivity index (χ0n) is 9.66. The molecule has 1 heterocycles. The summed E-state index contributed by atoms with van der Waals surface area (Å²) in [5.74, 6) is 0.731. The van der Waals surface area contributed by atoms with Gasteiger partial charge >= 0.3 is 0 Å². The zero-order valence-corrected chi connectivity index (χ0v) is 10.5. The molecule has 0 atom stereocenters. The Kier molecular flexibility index (Phi) is 3.93. The number of carbonyl (C=O) groups excluding carboxylic acids is 1. The van der Waals surface area contributed by atoms with Gasteiger partial charge in [0.25, 0.3) is 0 Å². The second kappa shape index (κ2) is 5.43. The summed E-state index contributed by atoms with van der Waals surface area (Å²) >= 11 is 1.52. The van der Waals surface area contributed by atoms with Crippen molar-refractivity contribution in [2.75, 3.05) is 5.32 Å². The van der Waals surface area contributed by atoms with Gasteiger partial charge in [-0.15, -0.1) is 11.3 Å². The van der Waals surface area contributed by atoms with Gasteiger partial charge < -0.3 is 5.32 Å². The van der Waals surface area contributed by atoms with Gasteiger partial charge in [-0.3, -0.25) is 4.79 Å². The number of hydrogen-bond acceptors (Lipinski definition) is 3. The monoisotopic (exact) mass is 238 g/mol. The van der Waals surface area contributed by atoms with E-state index < -0.39 is 0 Å². The van der Waals surface area contributed by atoms with Crippen LogP contribution in [0.2, 0.25) is 0 Å². The first kappa shape index (κ1) is 11.6. The number of nitrogens with one attached hydrogen (secondary N) is 1. The molecule has 1 aliphatic carbocycles. The maximum absolute atomic E-state index is 11.7. The van der Waals surface area contributed by atoms with Crippen molar-refractivity contribution in [1.29, 1.82) is 0 Å². The zero-order chi connectivity index (χ0) is 11.4. The molecule has 1 N–H and O–H groups in total. The molecule has 1 aliphatic rings. The van der Waals surface area contributed by atoms with Crippen LogP contribution in [-0.4, -0.2) is 10.9 Å². The van der Waals surface area contributed by atoms with Crippen molar-refractivity contribution in [2.45, 2.75) is 45.4 Å². The molecule has 2 rings (SSSR count). The van der Waals surface area contributed by atoms with E-state index in [9.17, 15) is 4.79 Å². The molecule has 1 aromatic rings. The maximum Gasteiger partial charge on any atom is 0.226 e. The molecular weight excluding hydrogens is 220 g/mol. The van der Waals surface area contributed by atoms with Gasteiger partial charge in [-0.25, -0.2) is 4.98 Å². The summed E-state index contributed by atoms with van der Waals surface area (Å²) in [4.78, 5) is 16.1. The molecule has 0 aromatic carbocycles. The molecule has 0 radical (unpaired) electrons. The fourth-order valence-corrected chi connectivity index (χ4v) is 2.98. The molecule has 1 amide bonds. The lowest BCUT2D eigenvalue weighted by Crippen LogP contribution is -2.14. The van der Waals surface area contributed by atoms with Crippen LogP contribution in [0.15, 0.2) is 5.38 Å². The van der Waals surface area contributed by atoms with Crippen LogP contribution in [0.1, 0.15) is 44.7 Å². The van der Waals surface area contributed by atoms with Crippen molar-refractivity contribution in [3.8, 4) is 0 Å². The smallest absolute Gasteiger partial charge is 0.226 e. The Morgan fingerprint density at radius 2 is 2.31 bits per heavy atom. The molecule has 1 aromatic heterocycles. The second-order valence-electron chi connectivity index (χ2n) is 4.40. The maximum atomic E-state index is 11.7. The number of thiazole rings is 1. The van der Waals surface area contributed by atoms with Crippen molar-refractivity contribution in [2.24, 2.45) is 5.92 Å². The van der Waals surface area contributed by atoms with Crippen LogP contribution < -0.4 is 5.32 Å². The third-order valence-electron chi connectivity index (χ3n) is 3.11. The van der Waals surface area contributed by atoms with Crippen LogP contribution in [0.5, 0.6) is 0 Å². The number of rotatable bonds is 4. The van der Waals surface area contributed by atoms with Gasteiger partial charge in [0.1, 0.15) is 0 Å². The highest BCUT2D eigenvalue weighted by atomic mass is 32.1. The molecule has 0 unspecified atom stereocenters. The summed E-state index contributed by atoms with van der Waals surface area (Å²) in [6.45, 7) is 2.07. The molecule has 1 saturated carbocycles. The fraction of sp³-hybridized carbons (Fsp3) is 0.667. The average Bonchev–Trinajstić information content (AvgIpc) is 2.89. The Morgan fingerprint density at radius 1 is 1.56 bits per heavy atom. The molecule has 0 aliphatic heterocycles. The van der Waals surface area contributed by atoms with Gasteiger partial charge in [-0.2, -0.15) is 0 Å². The molecule has 88 valence electrons. The normalized spacial score (nSPS) is 16.6. The van der Waals surface area contributed by atoms with Crippen molar-refractivity contribution < 1.29 is 4.79 Å². The van der Waals surface area contributed by atoms with E-state index in [0.717, 1.165) is 17.2 Å². The number of amides is 1. The Balaban J connectivity index is 1.81. The van der Waals surface area contributed by atoms with Gasteiger partial charge in [0.05, 0.1) is 5.69 Å². The third kappa shape index (κ3) is 3.04. The summed E-state index contributed by atoms with van der Waals surface area (Å²) < 4.78 is 0. The predicted octanol–water partition coefficient (Wildman–Crippen LogP) is 3.22. The van der Waals surface area contributed by atoms with E-state index in [2.05, 4.69) is 17.2 Å². The minimum Gasteiger partial charge on any atom is -0.302 e. The van der Waals surface area contributed by atoms with Gasteiger partial charge in [-0.1, -0.05) is 19.8 Å². The highest BCUT2D eigenvalue weighted by molar-refractivity contribution is 7.13. The lowest BCUT2D eigenvalue weighted by Gasteiger charge is -2.07. The minimum absolute atomic E-state index is 0.129. The number of hydrogen-bond donors (Lipinski definition) is 1. The van der Waals surface area contributed by atoms with Gasteiger partial charge in [0, 0.05) is 11.8 Å². The first-order valence-electron chi connectivity index (χ1n) is 6.02. The van der Waals surface area contributed by atoms with E-state index in [4.69, 9.17) is 0 Å². The van der Waals surface area contributed by atoms with Crippen LogP contribution in [-0.2, 0) is 11.2 Å². The van der Waals surface area contributed by atoms with E-state index in [0.29, 0.717) is 12.3 Å². The molecule has 0 bridgehead atoms. The summed E-state index contributed by atoms with van der Waals surface area (Å²) in [7, 11) is 0. The molecule has 16 heavy (non-hydrogen) atoms. The highest BCUT2D eigenvalue weighted by Crippen LogP contribution is 2.28. The molecule has 4 heteroatoms. The van der Waals surface area contributed by atoms with Crippen LogP contribution in [0.25, 0.3) is 0 Å². The number of aryl methyl sites for hydroxylation is 1. The largest absolute Gasteiger partial charge is 0.302 e. The van der Waals surface area contributed by atoms with Crippen LogP contribution >= 0.6 is 11.3 Å². The molecular formula is C12H18N2OS. The Morgan fingerprint density at radius 3 is 2.94 bits per heavy atom. The molecule has 1 fully saturated rings. The Labute approximate surface area is 100 Å². The predicted molar refractivity (Wildman–Crippen MR) is 66.7 cm³/mol. The molecule has 0 spiro atoms. The van der Waals surface area contributed by atoms with E-state index in [1.54, 1.807) is 0 Å². The lowest BCUT2D eigenvalue weighted by molar-refractivity contribution is -0.117. The first-order valence-corrected chi connectivity index (χ1v) is 6.90. The fourth-order valence-electron chi connectivity index (χ4n) is 2.17. The summed E-state index contributed by atoms with van der Waals surface area (Å²) in [5, 5.41) is 5.65.